The average molecular weight is 367 g/mol. The van der Waals surface area contributed by atoms with Crippen LogP contribution >= 0.6 is 0 Å². The van der Waals surface area contributed by atoms with Crippen LogP contribution in [-0.4, -0.2) is 53.5 Å². The minimum absolute atomic E-state index is 0.266. The van der Waals surface area contributed by atoms with Gasteiger partial charge in [0.05, 0.1) is 40.9 Å². The van der Waals surface area contributed by atoms with Gasteiger partial charge in [0.15, 0.2) is 17.5 Å². The smallest absolute Gasteiger partial charge is 0.310 e. The molecule has 0 aliphatic heterocycles. The minimum atomic E-state index is -0.273. The van der Waals surface area contributed by atoms with Gasteiger partial charge in [-0.05, 0) is 24.6 Å². The van der Waals surface area contributed by atoms with Crippen LogP contribution in [0.15, 0.2) is 17.1 Å². The summed E-state index contributed by atoms with van der Waals surface area (Å²) in [7, 11) is 6.09. The van der Waals surface area contributed by atoms with Crippen molar-refractivity contribution in [1.82, 2.24) is 10.6 Å². The van der Waals surface area contributed by atoms with Crippen molar-refractivity contribution in [1.29, 1.82) is 0 Å². The van der Waals surface area contributed by atoms with E-state index in [2.05, 4.69) is 15.6 Å². The number of aliphatic imine (C=N–C) groups is 1. The van der Waals surface area contributed by atoms with Crippen molar-refractivity contribution in [2.45, 2.75) is 20.4 Å². The van der Waals surface area contributed by atoms with Crippen LogP contribution < -0.4 is 24.8 Å². The van der Waals surface area contributed by atoms with Crippen molar-refractivity contribution < 1.29 is 23.7 Å². The molecule has 0 heterocycles. The molecule has 1 aromatic carbocycles. The maximum atomic E-state index is 11.5. The van der Waals surface area contributed by atoms with Gasteiger partial charge in [-0.15, -0.1) is 0 Å². The number of carbonyl (C=O) groups excluding carboxylic acids is 1. The second kappa shape index (κ2) is 11.1. The first-order chi connectivity index (χ1) is 12.5. The van der Waals surface area contributed by atoms with Crippen molar-refractivity contribution in [3.63, 3.8) is 0 Å². The van der Waals surface area contributed by atoms with Crippen LogP contribution in [0, 0.1) is 5.92 Å². The summed E-state index contributed by atoms with van der Waals surface area (Å²) in [5.41, 5.74) is 0.901. The summed E-state index contributed by atoms with van der Waals surface area (Å²) >= 11 is 0. The lowest BCUT2D eigenvalue weighted by molar-refractivity contribution is -0.144. The summed E-state index contributed by atoms with van der Waals surface area (Å²) in [6, 6.07) is 3.71. The van der Waals surface area contributed by atoms with Crippen molar-refractivity contribution in [2.75, 3.05) is 41.5 Å². The molecule has 0 aliphatic rings. The van der Waals surface area contributed by atoms with Crippen LogP contribution in [-0.2, 0) is 16.1 Å². The summed E-state index contributed by atoms with van der Waals surface area (Å²) in [6.07, 6.45) is 0. The molecule has 1 aromatic rings. The summed E-state index contributed by atoms with van der Waals surface area (Å²) in [6.45, 7) is 5.29. The number of rotatable bonds is 9. The van der Waals surface area contributed by atoms with E-state index in [0.29, 0.717) is 42.8 Å². The number of guanidine groups is 1. The number of carbonyl (C=O) groups is 1. The van der Waals surface area contributed by atoms with Crippen LogP contribution in [0.1, 0.15) is 19.4 Å². The molecule has 0 fully saturated rings. The van der Waals surface area contributed by atoms with Crippen LogP contribution in [0.25, 0.3) is 0 Å². The van der Waals surface area contributed by atoms with Crippen LogP contribution in [0.2, 0.25) is 0 Å². The largest absolute Gasteiger partial charge is 0.493 e. The van der Waals surface area contributed by atoms with Crippen LogP contribution in [0.5, 0.6) is 17.2 Å². The predicted octanol–water partition coefficient (Wildman–Crippen LogP) is 1.58. The van der Waals surface area contributed by atoms with Crippen LogP contribution in [0.3, 0.4) is 0 Å². The summed E-state index contributed by atoms with van der Waals surface area (Å²) in [4.78, 5) is 16.0. The molecule has 8 nitrogen and oxygen atoms in total. The third-order valence-corrected chi connectivity index (χ3v) is 3.67. The van der Waals surface area contributed by atoms with Crippen molar-refractivity contribution in [3.05, 3.63) is 17.7 Å². The van der Waals surface area contributed by atoms with Gasteiger partial charge in [-0.3, -0.25) is 4.79 Å². The molecule has 1 unspecified atom stereocenters. The quantitative estimate of drug-likeness (QED) is 0.389. The normalized spacial score (nSPS) is 12.2. The van der Waals surface area contributed by atoms with Crippen molar-refractivity contribution in [2.24, 2.45) is 10.9 Å². The van der Waals surface area contributed by atoms with E-state index in [1.807, 2.05) is 19.1 Å². The molecule has 0 saturated heterocycles. The number of nitrogens with one attached hydrogen (secondary N) is 2. The molecule has 0 aromatic heterocycles. The van der Waals surface area contributed by atoms with E-state index in [9.17, 15) is 4.79 Å². The van der Waals surface area contributed by atoms with E-state index in [0.717, 1.165) is 5.56 Å². The molecule has 0 radical (unpaired) electrons. The summed E-state index contributed by atoms with van der Waals surface area (Å²) in [5, 5.41) is 6.28. The zero-order valence-electron chi connectivity index (χ0n) is 16.3. The Morgan fingerprint density at radius 3 is 2.15 bits per heavy atom. The third kappa shape index (κ3) is 6.02. The molecule has 0 bridgehead atoms. The minimum Gasteiger partial charge on any atom is -0.493 e. The third-order valence-electron chi connectivity index (χ3n) is 3.67. The summed E-state index contributed by atoms with van der Waals surface area (Å²) < 4.78 is 20.8. The number of hydrogen-bond acceptors (Lipinski definition) is 6. The van der Waals surface area contributed by atoms with Gasteiger partial charge in [0.2, 0.25) is 5.75 Å². The highest BCUT2D eigenvalue weighted by molar-refractivity contribution is 5.80. The fourth-order valence-corrected chi connectivity index (χ4v) is 2.27. The molecule has 0 amide bonds. The van der Waals surface area contributed by atoms with Crippen molar-refractivity contribution in [3.8, 4) is 17.2 Å². The highest BCUT2D eigenvalue weighted by atomic mass is 16.5. The Bertz CT molecular complexity index is 594. The number of methoxy groups -OCH3 is 4. The second-order valence-electron chi connectivity index (χ2n) is 5.53. The lowest BCUT2D eigenvalue weighted by atomic mass is 10.2. The second-order valence-corrected chi connectivity index (χ2v) is 5.53. The molecular formula is C18H29N3O5. The molecule has 146 valence electrons. The Kier molecular flexibility index (Phi) is 9.11. The van der Waals surface area contributed by atoms with E-state index >= 15 is 0 Å². The first-order valence-corrected chi connectivity index (χ1v) is 8.39. The Morgan fingerprint density at radius 2 is 1.69 bits per heavy atom. The Labute approximate surface area is 154 Å². The molecule has 2 N–H and O–H groups in total. The lowest BCUT2D eigenvalue weighted by Crippen LogP contribution is -2.40. The van der Waals surface area contributed by atoms with Gasteiger partial charge in [0, 0.05) is 13.1 Å². The first-order valence-electron chi connectivity index (χ1n) is 8.39. The van der Waals surface area contributed by atoms with Gasteiger partial charge in [-0.1, -0.05) is 6.92 Å². The van der Waals surface area contributed by atoms with Crippen molar-refractivity contribution >= 4 is 11.9 Å². The summed E-state index contributed by atoms with van der Waals surface area (Å²) in [5.74, 6) is 1.77. The molecule has 0 saturated carbocycles. The number of esters is 1. The Hall–Kier alpha value is -2.64. The molecule has 1 atom stereocenters. The number of nitrogens with zero attached hydrogens (tertiary/aromatic N) is 1. The fourth-order valence-electron chi connectivity index (χ4n) is 2.27. The van der Waals surface area contributed by atoms with E-state index in [1.54, 1.807) is 28.3 Å². The fraction of sp³-hybridized carbons (Fsp3) is 0.556. The predicted molar refractivity (Wildman–Crippen MR) is 100 cm³/mol. The van der Waals surface area contributed by atoms with Gasteiger partial charge in [-0.2, -0.15) is 0 Å². The van der Waals surface area contributed by atoms with Gasteiger partial charge < -0.3 is 29.6 Å². The molecular weight excluding hydrogens is 338 g/mol. The zero-order valence-corrected chi connectivity index (χ0v) is 16.3. The van der Waals surface area contributed by atoms with E-state index in [1.165, 1.54) is 7.11 Å². The topological polar surface area (TPSA) is 90.4 Å². The molecule has 8 heteroatoms. The Morgan fingerprint density at radius 1 is 1.08 bits per heavy atom. The van der Waals surface area contributed by atoms with Gasteiger partial charge in [-0.25, -0.2) is 4.99 Å². The number of ether oxygens (including phenoxy) is 4. The van der Waals surface area contributed by atoms with E-state index in [-0.39, 0.29) is 11.9 Å². The molecule has 0 aliphatic carbocycles. The highest BCUT2D eigenvalue weighted by Gasteiger charge is 2.14. The average Bonchev–Trinajstić information content (AvgIpc) is 2.67. The molecule has 0 spiro atoms. The highest BCUT2D eigenvalue weighted by Crippen LogP contribution is 2.38. The van der Waals surface area contributed by atoms with Gasteiger partial charge in [0.25, 0.3) is 0 Å². The van der Waals surface area contributed by atoms with Gasteiger partial charge in [0.1, 0.15) is 0 Å². The number of benzene rings is 1. The zero-order chi connectivity index (χ0) is 19.5. The first kappa shape index (κ1) is 21.4. The SMILES string of the molecule is CCNC(=NCc1cc(OC)c(OC)c(OC)c1)NCC(C)C(=O)OC. The van der Waals surface area contributed by atoms with E-state index in [4.69, 9.17) is 18.9 Å². The monoisotopic (exact) mass is 367 g/mol. The lowest BCUT2D eigenvalue weighted by Gasteiger charge is -2.15. The standard InChI is InChI=1S/C18H29N3O5/c1-7-19-18(20-10-12(2)17(22)26-6)21-11-13-8-14(23-3)16(25-5)15(9-13)24-4/h8-9,12H,7,10-11H2,1-6H3,(H2,19,20,21). The maximum Gasteiger partial charge on any atom is 0.310 e. The van der Waals surface area contributed by atoms with Gasteiger partial charge >= 0.3 is 5.97 Å². The maximum absolute atomic E-state index is 11.5. The molecule has 26 heavy (non-hydrogen) atoms. The Balaban J connectivity index is 2.90. The molecule has 1 rings (SSSR count). The van der Waals surface area contributed by atoms with Crippen LogP contribution in [0.4, 0.5) is 0 Å². The van der Waals surface area contributed by atoms with E-state index < -0.39 is 0 Å². The number of hydrogen-bond donors (Lipinski definition) is 2.